The molecule has 0 aromatic rings. The first-order valence-corrected chi connectivity index (χ1v) is 7.41. The summed E-state index contributed by atoms with van der Waals surface area (Å²) in [6, 6.07) is 0. The van der Waals surface area contributed by atoms with Crippen LogP contribution >= 0.6 is 15.9 Å². The number of fused-ring (bicyclic) bond motifs is 1. The first-order valence-electron chi connectivity index (χ1n) is 6.29. The van der Waals surface area contributed by atoms with Gasteiger partial charge in [-0.1, -0.05) is 29.8 Å². The molecular weight excluding hydrogens is 252 g/mol. The fourth-order valence-corrected chi connectivity index (χ4v) is 3.73. The third kappa shape index (κ3) is 2.97. The highest BCUT2D eigenvalue weighted by molar-refractivity contribution is 9.09. The van der Waals surface area contributed by atoms with Crippen LogP contribution in [0.4, 0.5) is 0 Å². The van der Waals surface area contributed by atoms with Crippen molar-refractivity contribution in [1.82, 2.24) is 0 Å². The van der Waals surface area contributed by atoms with E-state index in [9.17, 15) is 0 Å². The summed E-state index contributed by atoms with van der Waals surface area (Å²) in [7, 11) is 0. The molecule has 0 radical (unpaired) electrons. The van der Waals surface area contributed by atoms with E-state index >= 15 is 0 Å². The maximum Gasteiger partial charge on any atom is 0.0488 e. The molecule has 2 unspecified atom stereocenters. The minimum Gasteiger partial charge on any atom is -0.381 e. The van der Waals surface area contributed by atoms with Crippen molar-refractivity contribution >= 4 is 15.9 Å². The molecular formula is C13H23BrO. The first kappa shape index (κ1) is 11.9. The molecule has 15 heavy (non-hydrogen) atoms. The van der Waals surface area contributed by atoms with E-state index in [4.69, 9.17) is 4.74 Å². The Balaban J connectivity index is 1.68. The molecule has 0 spiro atoms. The Bertz CT molecular complexity index is 205. The fourth-order valence-electron chi connectivity index (χ4n) is 2.99. The van der Waals surface area contributed by atoms with Gasteiger partial charge in [0.2, 0.25) is 0 Å². The zero-order chi connectivity index (χ0) is 10.9. The molecule has 0 aromatic carbocycles. The second kappa shape index (κ2) is 4.75. The number of halogens is 1. The van der Waals surface area contributed by atoms with Crippen LogP contribution in [0.5, 0.6) is 0 Å². The number of ether oxygens (including phenoxy) is 1. The summed E-state index contributed by atoms with van der Waals surface area (Å²) < 4.78 is 5.71. The predicted octanol–water partition coefficient (Wildman–Crippen LogP) is 3.86. The third-order valence-corrected chi connectivity index (χ3v) is 5.16. The second-order valence-electron chi connectivity index (χ2n) is 6.02. The van der Waals surface area contributed by atoms with E-state index in [0.29, 0.717) is 11.3 Å². The highest BCUT2D eigenvalue weighted by atomic mass is 79.9. The third-order valence-electron chi connectivity index (χ3n) is 3.97. The van der Waals surface area contributed by atoms with Crippen LogP contribution in [0.15, 0.2) is 0 Å². The van der Waals surface area contributed by atoms with Gasteiger partial charge < -0.3 is 4.74 Å². The highest BCUT2D eigenvalue weighted by Crippen LogP contribution is 2.61. The van der Waals surface area contributed by atoms with Gasteiger partial charge in [0, 0.05) is 18.5 Å². The van der Waals surface area contributed by atoms with Gasteiger partial charge in [0.05, 0.1) is 0 Å². The topological polar surface area (TPSA) is 9.23 Å². The molecule has 1 nitrogen and oxygen atoms in total. The Morgan fingerprint density at radius 1 is 1.33 bits per heavy atom. The van der Waals surface area contributed by atoms with Gasteiger partial charge in [-0.05, 0) is 48.9 Å². The minimum atomic E-state index is 0.588. The first-order chi connectivity index (χ1) is 7.15. The zero-order valence-electron chi connectivity index (χ0n) is 9.97. The molecule has 2 heteroatoms. The van der Waals surface area contributed by atoms with Crippen molar-refractivity contribution in [1.29, 1.82) is 0 Å². The molecule has 0 aromatic heterocycles. The van der Waals surface area contributed by atoms with E-state index in [1.807, 2.05) is 0 Å². The van der Waals surface area contributed by atoms with Gasteiger partial charge in [0.1, 0.15) is 0 Å². The normalized spacial score (nSPS) is 38.4. The summed E-state index contributed by atoms with van der Waals surface area (Å²) in [6.07, 6.45) is 5.68. The lowest BCUT2D eigenvalue weighted by Gasteiger charge is -2.28. The van der Waals surface area contributed by atoms with Crippen LogP contribution in [0, 0.1) is 23.2 Å². The van der Waals surface area contributed by atoms with E-state index in [1.165, 1.54) is 31.0 Å². The SMILES string of the molecule is CC(C)COCCC1(CBr)CC2CC2C1. The largest absolute Gasteiger partial charge is 0.381 e. The van der Waals surface area contributed by atoms with Gasteiger partial charge >= 0.3 is 0 Å². The van der Waals surface area contributed by atoms with Crippen LogP contribution in [-0.4, -0.2) is 18.5 Å². The summed E-state index contributed by atoms with van der Waals surface area (Å²) in [5, 5.41) is 1.18. The van der Waals surface area contributed by atoms with Crippen LogP contribution in [0.1, 0.15) is 39.5 Å². The Hall–Kier alpha value is 0.440. The lowest BCUT2D eigenvalue weighted by Crippen LogP contribution is -2.23. The van der Waals surface area contributed by atoms with Crippen LogP contribution < -0.4 is 0 Å². The van der Waals surface area contributed by atoms with Gasteiger partial charge in [-0.15, -0.1) is 0 Å². The average Bonchev–Trinajstić information content (AvgIpc) is 2.82. The van der Waals surface area contributed by atoms with Crippen molar-refractivity contribution in [3.05, 3.63) is 0 Å². The van der Waals surface area contributed by atoms with Crippen LogP contribution in [0.2, 0.25) is 0 Å². The summed E-state index contributed by atoms with van der Waals surface area (Å²) in [6.45, 7) is 6.31. The van der Waals surface area contributed by atoms with Crippen molar-refractivity contribution in [2.24, 2.45) is 23.2 Å². The van der Waals surface area contributed by atoms with E-state index in [1.54, 1.807) is 0 Å². The van der Waals surface area contributed by atoms with Crippen LogP contribution in [0.25, 0.3) is 0 Å². The van der Waals surface area contributed by atoms with E-state index in [0.717, 1.165) is 25.0 Å². The molecule has 2 atom stereocenters. The second-order valence-corrected chi connectivity index (χ2v) is 6.58. The summed E-state index contributed by atoms with van der Waals surface area (Å²) in [5.74, 6) is 2.82. The maximum atomic E-state index is 5.71. The van der Waals surface area contributed by atoms with Crippen LogP contribution in [0.3, 0.4) is 0 Å². The minimum absolute atomic E-state index is 0.588. The molecule has 0 amide bonds. The molecule has 0 heterocycles. The summed E-state index contributed by atoms with van der Waals surface area (Å²) in [4.78, 5) is 0. The van der Waals surface area contributed by atoms with E-state index < -0.39 is 0 Å². The molecule has 0 bridgehead atoms. The molecule has 2 fully saturated rings. The van der Waals surface area contributed by atoms with Gasteiger partial charge in [0.25, 0.3) is 0 Å². The molecule has 0 N–H and O–H groups in total. The van der Waals surface area contributed by atoms with Crippen molar-refractivity contribution < 1.29 is 4.74 Å². The van der Waals surface area contributed by atoms with E-state index in [2.05, 4.69) is 29.8 Å². The predicted molar refractivity (Wildman–Crippen MR) is 67.3 cm³/mol. The van der Waals surface area contributed by atoms with Crippen molar-refractivity contribution in [2.75, 3.05) is 18.5 Å². The van der Waals surface area contributed by atoms with Crippen molar-refractivity contribution in [2.45, 2.75) is 39.5 Å². The molecule has 2 aliphatic carbocycles. The maximum absolute atomic E-state index is 5.71. The van der Waals surface area contributed by atoms with Gasteiger partial charge in [-0.25, -0.2) is 0 Å². The molecule has 2 rings (SSSR count). The Kier molecular flexibility index (Phi) is 3.77. The van der Waals surface area contributed by atoms with E-state index in [-0.39, 0.29) is 0 Å². The quantitative estimate of drug-likeness (QED) is 0.528. The van der Waals surface area contributed by atoms with Crippen LogP contribution in [-0.2, 0) is 4.74 Å². The number of hydrogen-bond acceptors (Lipinski definition) is 1. The summed E-state index contributed by atoms with van der Waals surface area (Å²) in [5.41, 5.74) is 0.588. The van der Waals surface area contributed by atoms with Gasteiger partial charge in [-0.3, -0.25) is 0 Å². The molecule has 0 saturated heterocycles. The van der Waals surface area contributed by atoms with Crippen molar-refractivity contribution in [3.63, 3.8) is 0 Å². The Labute approximate surface area is 102 Å². The number of rotatable bonds is 6. The molecule has 88 valence electrons. The van der Waals surface area contributed by atoms with Gasteiger partial charge in [-0.2, -0.15) is 0 Å². The number of alkyl halides is 1. The lowest BCUT2D eigenvalue weighted by atomic mass is 9.82. The smallest absolute Gasteiger partial charge is 0.0488 e. The Morgan fingerprint density at radius 3 is 2.53 bits per heavy atom. The molecule has 2 aliphatic rings. The number of hydrogen-bond donors (Lipinski definition) is 0. The fraction of sp³-hybridized carbons (Fsp3) is 1.00. The standard InChI is InChI=1S/C13H23BrO/c1-10(2)8-15-4-3-13(9-14)6-11-5-12(11)7-13/h10-12H,3-9H2,1-2H3. The summed E-state index contributed by atoms with van der Waals surface area (Å²) >= 11 is 3.71. The highest BCUT2D eigenvalue weighted by Gasteiger charge is 2.52. The molecule has 0 aliphatic heterocycles. The molecule has 2 saturated carbocycles. The van der Waals surface area contributed by atoms with Crippen molar-refractivity contribution in [3.8, 4) is 0 Å². The lowest BCUT2D eigenvalue weighted by molar-refractivity contribution is 0.0803. The Morgan fingerprint density at radius 2 is 2.00 bits per heavy atom. The monoisotopic (exact) mass is 274 g/mol. The average molecular weight is 275 g/mol. The zero-order valence-corrected chi connectivity index (χ0v) is 11.6. The van der Waals surface area contributed by atoms with Gasteiger partial charge in [0.15, 0.2) is 0 Å².